The van der Waals surface area contributed by atoms with Gasteiger partial charge in [-0.1, -0.05) is 0 Å². The molecule has 0 fully saturated rings. The highest BCUT2D eigenvalue weighted by molar-refractivity contribution is 6.07. The van der Waals surface area contributed by atoms with E-state index in [0.29, 0.717) is 12.8 Å². The third-order valence-electron chi connectivity index (χ3n) is 2.95. The van der Waals surface area contributed by atoms with E-state index in [-0.39, 0.29) is 11.6 Å². The van der Waals surface area contributed by atoms with Crippen LogP contribution in [0.4, 0.5) is 0 Å². The fourth-order valence-corrected chi connectivity index (χ4v) is 2.23. The third-order valence-corrected chi connectivity index (χ3v) is 2.95. The van der Waals surface area contributed by atoms with Crippen molar-refractivity contribution in [2.45, 2.75) is 44.9 Å². The molecule has 0 heterocycles. The van der Waals surface area contributed by atoms with Crippen LogP contribution in [0, 0.1) is 0 Å². The topological polar surface area (TPSA) is 34.1 Å². The molecule has 13 heavy (non-hydrogen) atoms. The molecule has 70 valence electrons. The van der Waals surface area contributed by atoms with Crippen LogP contribution in [0.5, 0.6) is 0 Å². The lowest BCUT2D eigenvalue weighted by Crippen LogP contribution is -2.15. The number of hydrogen-bond acceptors (Lipinski definition) is 2. The van der Waals surface area contributed by atoms with Gasteiger partial charge < -0.3 is 0 Å². The molecule has 0 aromatic carbocycles. The highest BCUT2D eigenvalue weighted by Gasteiger charge is 2.25. The lowest BCUT2D eigenvalue weighted by Gasteiger charge is -2.15. The molecule has 2 heteroatoms. The molecule has 2 aliphatic carbocycles. The largest absolute Gasteiger partial charge is 0.295 e. The van der Waals surface area contributed by atoms with Crippen molar-refractivity contribution in [3.05, 3.63) is 11.1 Å². The van der Waals surface area contributed by atoms with Crippen molar-refractivity contribution in [2.75, 3.05) is 0 Å². The molecule has 0 spiro atoms. The fraction of sp³-hybridized carbons (Fsp3) is 0.636. The van der Waals surface area contributed by atoms with Crippen molar-refractivity contribution >= 4 is 11.6 Å². The molecule has 0 bridgehead atoms. The summed E-state index contributed by atoms with van der Waals surface area (Å²) < 4.78 is 0. The second kappa shape index (κ2) is 3.44. The Morgan fingerprint density at radius 2 is 1.08 bits per heavy atom. The Kier molecular flexibility index (Phi) is 2.30. The predicted molar refractivity (Wildman–Crippen MR) is 49.4 cm³/mol. The lowest BCUT2D eigenvalue weighted by molar-refractivity contribution is -0.119. The Hall–Kier alpha value is -0.920. The average Bonchev–Trinajstić information content (AvgIpc) is 2.30. The van der Waals surface area contributed by atoms with Gasteiger partial charge in [0.05, 0.1) is 0 Å². The highest BCUT2D eigenvalue weighted by Crippen LogP contribution is 2.30. The zero-order chi connectivity index (χ0) is 9.26. The second-order valence-corrected chi connectivity index (χ2v) is 3.86. The Labute approximate surface area is 78.0 Å². The summed E-state index contributed by atoms with van der Waals surface area (Å²) in [5, 5.41) is 0. The van der Waals surface area contributed by atoms with E-state index < -0.39 is 0 Å². The molecule has 2 rings (SSSR count). The third kappa shape index (κ3) is 1.58. The minimum Gasteiger partial charge on any atom is -0.295 e. The number of hydrogen-bond donors (Lipinski definition) is 0. The van der Waals surface area contributed by atoms with Gasteiger partial charge in [-0.25, -0.2) is 0 Å². The van der Waals surface area contributed by atoms with Crippen molar-refractivity contribution in [2.24, 2.45) is 0 Å². The minimum atomic E-state index is 0.233. The van der Waals surface area contributed by atoms with Gasteiger partial charge in [-0.2, -0.15) is 0 Å². The summed E-state index contributed by atoms with van der Waals surface area (Å²) in [7, 11) is 0. The lowest BCUT2D eigenvalue weighted by atomic mass is 9.87. The molecule has 0 radical (unpaired) electrons. The van der Waals surface area contributed by atoms with Gasteiger partial charge in [-0.05, 0) is 32.1 Å². The number of ketones is 2. The fourth-order valence-electron chi connectivity index (χ4n) is 2.23. The predicted octanol–water partition coefficient (Wildman–Crippen LogP) is 2.18. The first-order valence-corrected chi connectivity index (χ1v) is 5.07. The summed E-state index contributed by atoms with van der Waals surface area (Å²) >= 11 is 0. The first-order valence-electron chi connectivity index (χ1n) is 5.07. The minimum absolute atomic E-state index is 0.233. The SMILES string of the molecule is O=C1CCCC2=C1CCCCC2=O. The van der Waals surface area contributed by atoms with Crippen LogP contribution in [0.25, 0.3) is 0 Å². The standard InChI is InChI=1S/C11H14O2/c12-10-6-2-1-4-8-9(10)5-3-7-11(8)13/h1-7H2. The van der Waals surface area contributed by atoms with Crippen LogP contribution < -0.4 is 0 Å². The molecule has 0 aromatic heterocycles. The van der Waals surface area contributed by atoms with Crippen LogP contribution in [0.2, 0.25) is 0 Å². The van der Waals surface area contributed by atoms with Crippen molar-refractivity contribution in [1.82, 2.24) is 0 Å². The molecule has 0 amide bonds. The molecular weight excluding hydrogens is 164 g/mol. The zero-order valence-electron chi connectivity index (χ0n) is 7.77. The van der Waals surface area contributed by atoms with Crippen molar-refractivity contribution < 1.29 is 9.59 Å². The van der Waals surface area contributed by atoms with E-state index in [4.69, 9.17) is 0 Å². The maximum atomic E-state index is 11.6. The van der Waals surface area contributed by atoms with Crippen LogP contribution in [0.1, 0.15) is 44.9 Å². The smallest absolute Gasteiger partial charge is 0.159 e. The summed E-state index contributed by atoms with van der Waals surface area (Å²) in [5.41, 5.74) is 1.74. The number of carbonyl (C=O) groups excluding carboxylic acids is 2. The van der Waals surface area contributed by atoms with Gasteiger partial charge >= 0.3 is 0 Å². The first kappa shape index (κ1) is 8.67. The Balaban J connectivity index is 2.36. The summed E-state index contributed by atoms with van der Waals surface area (Å²) in [6.45, 7) is 0. The summed E-state index contributed by atoms with van der Waals surface area (Å²) in [5.74, 6) is 0.469. The van der Waals surface area contributed by atoms with E-state index in [1.165, 1.54) is 0 Å². The van der Waals surface area contributed by atoms with Crippen molar-refractivity contribution in [3.8, 4) is 0 Å². The van der Waals surface area contributed by atoms with Crippen LogP contribution in [-0.4, -0.2) is 11.6 Å². The number of carbonyl (C=O) groups is 2. The van der Waals surface area contributed by atoms with Crippen LogP contribution in [-0.2, 0) is 9.59 Å². The van der Waals surface area contributed by atoms with Crippen LogP contribution >= 0.6 is 0 Å². The highest BCUT2D eigenvalue weighted by atomic mass is 16.1. The van der Waals surface area contributed by atoms with Gasteiger partial charge in [0, 0.05) is 24.0 Å². The Morgan fingerprint density at radius 1 is 0.615 bits per heavy atom. The quantitative estimate of drug-likeness (QED) is 0.569. The maximum absolute atomic E-state index is 11.6. The van der Waals surface area contributed by atoms with E-state index in [1.54, 1.807) is 0 Å². The van der Waals surface area contributed by atoms with E-state index in [2.05, 4.69) is 0 Å². The van der Waals surface area contributed by atoms with Crippen molar-refractivity contribution in [1.29, 1.82) is 0 Å². The van der Waals surface area contributed by atoms with E-state index in [9.17, 15) is 9.59 Å². The van der Waals surface area contributed by atoms with E-state index >= 15 is 0 Å². The molecule has 0 saturated carbocycles. The molecule has 2 aliphatic rings. The molecule has 0 N–H and O–H groups in total. The Bertz CT molecular complexity index is 286. The first-order chi connectivity index (χ1) is 6.29. The van der Waals surface area contributed by atoms with Gasteiger partial charge in [0.15, 0.2) is 11.6 Å². The van der Waals surface area contributed by atoms with E-state index in [0.717, 1.165) is 43.3 Å². The molecule has 0 aromatic rings. The molecule has 0 atom stereocenters. The molecule has 0 saturated heterocycles. The normalized spacial score (nSPS) is 24.3. The Morgan fingerprint density at radius 3 is 1.77 bits per heavy atom. The summed E-state index contributed by atoms with van der Waals surface area (Å²) in [6, 6.07) is 0. The van der Waals surface area contributed by atoms with Crippen LogP contribution in [0.15, 0.2) is 11.1 Å². The van der Waals surface area contributed by atoms with Gasteiger partial charge in [0.1, 0.15) is 0 Å². The zero-order valence-corrected chi connectivity index (χ0v) is 7.77. The number of allylic oxidation sites excluding steroid dienone is 2. The van der Waals surface area contributed by atoms with Crippen LogP contribution in [0.3, 0.4) is 0 Å². The summed E-state index contributed by atoms with van der Waals surface area (Å²) in [6.07, 6.45) is 5.86. The molecule has 0 unspecified atom stereocenters. The van der Waals surface area contributed by atoms with E-state index in [1.807, 2.05) is 0 Å². The van der Waals surface area contributed by atoms with Crippen molar-refractivity contribution in [3.63, 3.8) is 0 Å². The second-order valence-electron chi connectivity index (χ2n) is 3.86. The molecular formula is C11H14O2. The number of Topliss-reactive ketones (excluding diaryl/α,β-unsaturated/α-hetero) is 2. The van der Waals surface area contributed by atoms with Gasteiger partial charge in [-0.15, -0.1) is 0 Å². The average molecular weight is 178 g/mol. The maximum Gasteiger partial charge on any atom is 0.159 e. The van der Waals surface area contributed by atoms with Gasteiger partial charge in [-0.3, -0.25) is 9.59 Å². The molecule has 0 aliphatic heterocycles. The van der Waals surface area contributed by atoms with Gasteiger partial charge in [0.25, 0.3) is 0 Å². The monoisotopic (exact) mass is 178 g/mol. The number of rotatable bonds is 0. The van der Waals surface area contributed by atoms with Gasteiger partial charge in [0.2, 0.25) is 0 Å². The summed E-state index contributed by atoms with van der Waals surface area (Å²) in [4.78, 5) is 23.1. The molecule has 2 nitrogen and oxygen atoms in total.